The lowest BCUT2D eigenvalue weighted by molar-refractivity contribution is -0.192. The molecule has 0 radical (unpaired) electrons. The minimum absolute atomic E-state index is 0.0309. The van der Waals surface area contributed by atoms with Gasteiger partial charge in [0.1, 0.15) is 5.75 Å². The predicted octanol–water partition coefficient (Wildman–Crippen LogP) is 2.47. The number of nitrogens with zero attached hydrogens (tertiary/aromatic N) is 2. The summed E-state index contributed by atoms with van der Waals surface area (Å²) >= 11 is 0. The Morgan fingerprint density at radius 3 is 2.14 bits per heavy atom. The van der Waals surface area contributed by atoms with Crippen molar-refractivity contribution in [3.63, 3.8) is 0 Å². The topological polar surface area (TPSA) is 116 Å². The van der Waals surface area contributed by atoms with E-state index in [1.54, 1.807) is 35.7 Å². The summed E-state index contributed by atoms with van der Waals surface area (Å²) in [6, 6.07) is 6.47. The number of rotatable bonds is 7. The van der Waals surface area contributed by atoms with Gasteiger partial charge < -0.3 is 20.1 Å². The molecule has 13 heteroatoms. The van der Waals surface area contributed by atoms with Gasteiger partial charge in [-0.3, -0.25) is 4.79 Å². The zero-order valence-electron chi connectivity index (χ0n) is 19.6. The molecule has 0 unspecified atom stereocenters. The van der Waals surface area contributed by atoms with Crippen molar-refractivity contribution in [1.82, 2.24) is 14.5 Å². The largest absolute Gasteiger partial charge is 0.497 e. The van der Waals surface area contributed by atoms with Crippen LogP contribution < -0.4 is 10.1 Å². The summed E-state index contributed by atoms with van der Waals surface area (Å²) in [6.45, 7) is 3.20. The van der Waals surface area contributed by atoms with E-state index in [4.69, 9.17) is 14.6 Å². The summed E-state index contributed by atoms with van der Waals surface area (Å²) in [7, 11) is -2.10. The van der Waals surface area contributed by atoms with Crippen molar-refractivity contribution in [2.24, 2.45) is 0 Å². The third-order valence-corrected chi connectivity index (χ3v) is 7.87. The maximum absolute atomic E-state index is 13.4. The van der Waals surface area contributed by atoms with Crippen LogP contribution in [0.4, 0.5) is 13.2 Å². The van der Waals surface area contributed by atoms with E-state index in [0.29, 0.717) is 18.8 Å². The van der Waals surface area contributed by atoms with Gasteiger partial charge in [0.2, 0.25) is 15.9 Å². The molecule has 9 nitrogen and oxygen atoms in total. The van der Waals surface area contributed by atoms with Crippen molar-refractivity contribution in [3.8, 4) is 5.75 Å². The Morgan fingerprint density at radius 1 is 1.11 bits per heavy atom. The van der Waals surface area contributed by atoms with Crippen LogP contribution in [0.2, 0.25) is 0 Å². The summed E-state index contributed by atoms with van der Waals surface area (Å²) < 4.78 is 65.2. The van der Waals surface area contributed by atoms with E-state index in [1.807, 2.05) is 4.90 Å². The lowest BCUT2D eigenvalue weighted by Gasteiger charge is -2.34. The summed E-state index contributed by atoms with van der Waals surface area (Å²) in [5.74, 6) is -2.10. The first-order valence-electron chi connectivity index (χ1n) is 11.4. The molecule has 1 amide bonds. The highest BCUT2D eigenvalue weighted by molar-refractivity contribution is 7.89. The van der Waals surface area contributed by atoms with Crippen LogP contribution in [0.15, 0.2) is 29.2 Å². The molecule has 3 rings (SSSR count). The van der Waals surface area contributed by atoms with Crippen molar-refractivity contribution >= 4 is 21.9 Å². The van der Waals surface area contributed by atoms with Gasteiger partial charge in [0, 0.05) is 45.2 Å². The van der Waals surface area contributed by atoms with Gasteiger partial charge in [-0.2, -0.15) is 17.5 Å². The van der Waals surface area contributed by atoms with Gasteiger partial charge in [-0.15, -0.1) is 0 Å². The van der Waals surface area contributed by atoms with Crippen LogP contribution in [0.3, 0.4) is 0 Å². The minimum Gasteiger partial charge on any atom is -0.497 e. The fourth-order valence-electron chi connectivity index (χ4n) is 4.03. The molecular weight excluding hydrogens is 491 g/mol. The number of hydrogen-bond donors (Lipinski definition) is 2. The molecule has 1 aromatic carbocycles. The Bertz CT molecular complexity index is 929. The Kier molecular flexibility index (Phi) is 10.8. The molecular formula is C22H32F3N3O6S. The number of aliphatic carboxylic acids is 1. The molecule has 1 aliphatic heterocycles. The quantitative estimate of drug-likeness (QED) is 0.564. The molecule has 198 valence electrons. The van der Waals surface area contributed by atoms with E-state index in [9.17, 15) is 26.4 Å². The van der Waals surface area contributed by atoms with Crippen molar-refractivity contribution < 1.29 is 41.0 Å². The molecule has 2 fully saturated rings. The second kappa shape index (κ2) is 13.1. The number of nitrogens with one attached hydrogen (secondary N) is 1. The number of ether oxygens (including phenoxy) is 1. The first kappa shape index (κ1) is 28.9. The van der Waals surface area contributed by atoms with Gasteiger partial charge in [-0.25, -0.2) is 13.2 Å². The number of carboxylic acids is 1. The van der Waals surface area contributed by atoms with Crippen LogP contribution in [0.5, 0.6) is 5.75 Å². The Morgan fingerprint density at radius 2 is 1.66 bits per heavy atom. The molecule has 35 heavy (non-hydrogen) atoms. The Hall–Kier alpha value is -2.38. The number of methoxy groups -OCH3 is 1. The number of carbonyl (C=O) groups excluding carboxylic acids is 1. The number of halogens is 3. The molecule has 1 saturated heterocycles. The number of sulfonamides is 1. The monoisotopic (exact) mass is 523 g/mol. The van der Waals surface area contributed by atoms with Crippen LogP contribution >= 0.6 is 0 Å². The molecule has 1 saturated carbocycles. The van der Waals surface area contributed by atoms with E-state index in [0.717, 1.165) is 45.2 Å². The Balaban J connectivity index is 0.000000540. The summed E-state index contributed by atoms with van der Waals surface area (Å²) in [5, 5.41) is 10.4. The van der Waals surface area contributed by atoms with Gasteiger partial charge in [0.25, 0.3) is 0 Å². The first-order valence-corrected chi connectivity index (χ1v) is 12.9. The number of carbonyl (C=O) groups is 2. The molecule has 0 spiro atoms. The van der Waals surface area contributed by atoms with Crippen molar-refractivity contribution in [2.75, 3.05) is 39.8 Å². The average Bonchev–Trinajstić information content (AvgIpc) is 2.85. The van der Waals surface area contributed by atoms with Gasteiger partial charge in [0.15, 0.2) is 0 Å². The number of benzene rings is 1. The van der Waals surface area contributed by atoms with Crippen LogP contribution in [0.25, 0.3) is 0 Å². The zero-order chi connectivity index (χ0) is 26.1. The first-order chi connectivity index (χ1) is 16.5. The fraction of sp³-hybridized carbons (Fsp3) is 0.636. The van der Waals surface area contributed by atoms with E-state index < -0.39 is 22.2 Å². The molecule has 0 aromatic heterocycles. The van der Waals surface area contributed by atoms with Gasteiger partial charge in [0.05, 0.1) is 12.0 Å². The fourth-order valence-corrected chi connectivity index (χ4v) is 5.72. The van der Waals surface area contributed by atoms with E-state index in [-0.39, 0.29) is 29.8 Å². The molecule has 2 aliphatic rings. The lowest BCUT2D eigenvalue weighted by Crippen LogP contribution is -2.48. The van der Waals surface area contributed by atoms with Gasteiger partial charge in [-0.1, -0.05) is 19.3 Å². The van der Waals surface area contributed by atoms with Crippen molar-refractivity contribution in [3.05, 3.63) is 24.3 Å². The standard InChI is InChI=1S/C20H31N3O4S.C2HF3O2/c1-27-18-7-9-19(10-8-18)28(25,26)23(17-5-3-2-4-6-17)14-11-20(24)22-15-12-21-13-16-22;3-2(4,5)1(6)7/h7-10,17,21H,2-6,11-16H2,1H3;(H,6,7). The average molecular weight is 524 g/mol. The highest BCUT2D eigenvalue weighted by Crippen LogP contribution is 2.29. The normalized spacial score (nSPS) is 17.5. The summed E-state index contributed by atoms with van der Waals surface area (Å²) in [6.07, 6.45) is 0.0724. The third-order valence-electron chi connectivity index (χ3n) is 5.91. The number of piperazine rings is 1. The predicted molar refractivity (Wildman–Crippen MR) is 122 cm³/mol. The van der Waals surface area contributed by atoms with Crippen LogP contribution in [0, 0.1) is 0 Å². The maximum atomic E-state index is 13.4. The molecule has 2 N–H and O–H groups in total. The summed E-state index contributed by atoms with van der Waals surface area (Å²) in [5.41, 5.74) is 0. The van der Waals surface area contributed by atoms with Gasteiger partial charge >= 0.3 is 12.1 Å². The zero-order valence-corrected chi connectivity index (χ0v) is 20.4. The summed E-state index contributed by atoms with van der Waals surface area (Å²) in [4.78, 5) is 23.6. The molecule has 0 atom stereocenters. The number of carboxylic acid groups (broad SMARTS) is 1. The number of hydrogen-bond acceptors (Lipinski definition) is 6. The number of alkyl halides is 3. The lowest BCUT2D eigenvalue weighted by atomic mass is 9.95. The van der Waals surface area contributed by atoms with Crippen LogP contribution in [-0.4, -0.2) is 86.7 Å². The molecule has 0 bridgehead atoms. The highest BCUT2D eigenvalue weighted by atomic mass is 32.2. The minimum atomic E-state index is -5.08. The van der Waals surface area contributed by atoms with Crippen LogP contribution in [-0.2, 0) is 19.6 Å². The smallest absolute Gasteiger partial charge is 0.490 e. The SMILES string of the molecule is COc1ccc(S(=O)(=O)N(CCC(=O)N2CCNCC2)C2CCCCC2)cc1.O=C(O)C(F)(F)F. The van der Waals surface area contributed by atoms with Crippen molar-refractivity contribution in [1.29, 1.82) is 0 Å². The molecule has 1 heterocycles. The van der Waals surface area contributed by atoms with E-state index in [1.165, 1.54) is 0 Å². The maximum Gasteiger partial charge on any atom is 0.490 e. The van der Waals surface area contributed by atoms with Crippen molar-refractivity contribution in [2.45, 2.75) is 55.6 Å². The molecule has 1 aliphatic carbocycles. The third kappa shape index (κ3) is 8.65. The second-order valence-electron chi connectivity index (χ2n) is 8.27. The van der Waals surface area contributed by atoms with E-state index in [2.05, 4.69) is 5.32 Å². The Labute approximate surface area is 203 Å². The van der Waals surface area contributed by atoms with Gasteiger partial charge in [-0.05, 0) is 37.1 Å². The van der Waals surface area contributed by atoms with Crippen LogP contribution in [0.1, 0.15) is 38.5 Å². The van der Waals surface area contributed by atoms with E-state index >= 15 is 0 Å². The molecule has 1 aromatic rings. The highest BCUT2D eigenvalue weighted by Gasteiger charge is 2.38. The number of amides is 1. The second-order valence-corrected chi connectivity index (χ2v) is 10.2.